The van der Waals surface area contributed by atoms with E-state index in [1.165, 1.54) is 0 Å². The van der Waals surface area contributed by atoms with Crippen LogP contribution in [-0.2, 0) is 17.2 Å². The standard InChI is InChI=1S/C14H19ClN4O/c1-3-5-16-13(20)4-6-19-12(8-15)18-11-7-10(2)9-17-14(11)19/h7,9H,3-6,8H2,1-2H3,(H,16,20). The molecule has 1 amide bonds. The summed E-state index contributed by atoms with van der Waals surface area (Å²) in [7, 11) is 0. The topological polar surface area (TPSA) is 59.8 Å². The molecule has 1 N–H and O–H groups in total. The molecule has 5 nitrogen and oxygen atoms in total. The average molecular weight is 295 g/mol. The number of imidazole rings is 1. The molecule has 0 saturated heterocycles. The van der Waals surface area contributed by atoms with Gasteiger partial charge in [-0.3, -0.25) is 4.79 Å². The maximum atomic E-state index is 11.7. The van der Waals surface area contributed by atoms with E-state index >= 15 is 0 Å². The Morgan fingerprint density at radius 2 is 2.30 bits per heavy atom. The summed E-state index contributed by atoms with van der Waals surface area (Å²) in [5.74, 6) is 1.11. The summed E-state index contributed by atoms with van der Waals surface area (Å²) in [6.45, 7) is 5.26. The summed E-state index contributed by atoms with van der Waals surface area (Å²) in [6, 6.07) is 1.98. The number of carbonyl (C=O) groups excluding carboxylic acids is 1. The van der Waals surface area contributed by atoms with Gasteiger partial charge in [0, 0.05) is 25.7 Å². The predicted molar refractivity (Wildman–Crippen MR) is 79.7 cm³/mol. The van der Waals surface area contributed by atoms with Gasteiger partial charge in [0.05, 0.1) is 5.88 Å². The van der Waals surface area contributed by atoms with E-state index in [1.807, 2.05) is 24.5 Å². The van der Waals surface area contributed by atoms with Gasteiger partial charge in [-0.1, -0.05) is 6.92 Å². The third-order valence-electron chi connectivity index (χ3n) is 3.05. The summed E-state index contributed by atoms with van der Waals surface area (Å²) in [5, 5.41) is 2.86. The number of alkyl halides is 1. The lowest BCUT2D eigenvalue weighted by molar-refractivity contribution is -0.121. The van der Waals surface area contributed by atoms with Crippen LogP contribution in [0.25, 0.3) is 11.2 Å². The molecule has 6 heteroatoms. The van der Waals surface area contributed by atoms with Crippen LogP contribution in [0.15, 0.2) is 12.3 Å². The highest BCUT2D eigenvalue weighted by Crippen LogP contribution is 2.17. The van der Waals surface area contributed by atoms with Crippen LogP contribution in [-0.4, -0.2) is 27.0 Å². The van der Waals surface area contributed by atoms with E-state index in [4.69, 9.17) is 11.6 Å². The minimum Gasteiger partial charge on any atom is -0.356 e. The zero-order chi connectivity index (χ0) is 14.5. The molecule has 0 aliphatic carbocycles. The summed E-state index contributed by atoms with van der Waals surface area (Å²) >= 11 is 5.93. The molecule has 0 atom stereocenters. The van der Waals surface area contributed by atoms with Crippen molar-refractivity contribution < 1.29 is 4.79 Å². The molecule has 20 heavy (non-hydrogen) atoms. The van der Waals surface area contributed by atoms with E-state index in [1.54, 1.807) is 6.20 Å². The molecule has 0 unspecified atom stereocenters. The summed E-state index contributed by atoms with van der Waals surface area (Å²) in [4.78, 5) is 20.6. The first-order valence-electron chi connectivity index (χ1n) is 6.80. The number of hydrogen-bond acceptors (Lipinski definition) is 3. The Bertz CT molecular complexity index is 608. The van der Waals surface area contributed by atoms with Gasteiger partial charge >= 0.3 is 0 Å². The monoisotopic (exact) mass is 294 g/mol. The van der Waals surface area contributed by atoms with Crippen molar-refractivity contribution in [1.82, 2.24) is 19.9 Å². The van der Waals surface area contributed by atoms with Crippen LogP contribution in [0.5, 0.6) is 0 Å². The van der Waals surface area contributed by atoms with Crippen molar-refractivity contribution in [2.75, 3.05) is 6.54 Å². The normalized spacial score (nSPS) is 10.9. The van der Waals surface area contributed by atoms with Crippen molar-refractivity contribution in [1.29, 1.82) is 0 Å². The Balaban J connectivity index is 2.18. The third kappa shape index (κ3) is 3.28. The summed E-state index contributed by atoms with van der Waals surface area (Å²) < 4.78 is 1.92. The van der Waals surface area contributed by atoms with E-state index in [2.05, 4.69) is 15.3 Å². The molecule has 0 aliphatic rings. The lowest BCUT2D eigenvalue weighted by atomic mass is 10.3. The van der Waals surface area contributed by atoms with Crippen molar-refractivity contribution in [3.05, 3.63) is 23.7 Å². The second-order valence-corrected chi connectivity index (χ2v) is 5.04. The second-order valence-electron chi connectivity index (χ2n) is 4.77. The molecule has 0 aliphatic heterocycles. The Morgan fingerprint density at radius 1 is 1.50 bits per heavy atom. The lowest BCUT2D eigenvalue weighted by Gasteiger charge is -2.07. The molecular weight excluding hydrogens is 276 g/mol. The largest absolute Gasteiger partial charge is 0.356 e. The highest BCUT2D eigenvalue weighted by Gasteiger charge is 2.12. The molecule has 2 rings (SSSR count). The van der Waals surface area contributed by atoms with Crippen LogP contribution in [0.2, 0.25) is 0 Å². The van der Waals surface area contributed by atoms with Crippen LogP contribution >= 0.6 is 11.6 Å². The van der Waals surface area contributed by atoms with E-state index in [0.717, 1.165) is 29.0 Å². The molecule has 0 aromatic carbocycles. The first-order valence-corrected chi connectivity index (χ1v) is 7.33. The van der Waals surface area contributed by atoms with Crippen molar-refractivity contribution in [2.24, 2.45) is 0 Å². The number of nitrogens with zero attached hydrogens (tertiary/aromatic N) is 3. The zero-order valence-corrected chi connectivity index (χ0v) is 12.6. The number of rotatable bonds is 6. The molecule has 0 radical (unpaired) electrons. The maximum Gasteiger partial charge on any atom is 0.221 e. The number of aryl methyl sites for hydroxylation is 2. The van der Waals surface area contributed by atoms with E-state index in [0.29, 0.717) is 25.4 Å². The van der Waals surface area contributed by atoms with E-state index in [9.17, 15) is 4.79 Å². The molecular formula is C14H19ClN4O. The Hall–Kier alpha value is -1.62. The van der Waals surface area contributed by atoms with Crippen molar-refractivity contribution in [3.8, 4) is 0 Å². The van der Waals surface area contributed by atoms with Crippen LogP contribution < -0.4 is 5.32 Å². The van der Waals surface area contributed by atoms with Crippen molar-refractivity contribution in [3.63, 3.8) is 0 Å². The van der Waals surface area contributed by atoms with Gasteiger partial charge in [0.1, 0.15) is 11.3 Å². The van der Waals surface area contributed by atoms with Crippen molar-refractivity contribution >= 4 is 28.7 Å². The third-order valence-corrected chi connectivity index (χ3v) is 3.29. The van der Waals surface area contributed by atoms with Gasteiger partial charge in [-0.15, -0.1) is 11.6 Å². The fourth-order valence-corrected chi connectivity index (χ4v) is 2.27. The second kappa shape index (κ2) is 6.70. The van der Waals surface area contributed by atoms with Crippen molar-refractivity contribution in [2.45, 2.75) is 39.1 Å². The summed E-state index contributed by atoms with van der Waals surface area (Å²) in [6.07, 6.45) is 3.15. The Labute approximate surface area is 123 Å². The van der Waals surface area contributed by atoms with Gasteiger partial charge in [-0.25, -0.2) is 9.97 Å². The number of carbonyl (C=O) groups is 1. The maximum absolute atomic E-state index is 11.7. The van der Waals surface area contributed by atoms with Crippen LogP contribution in [0.4, 0.5) is 0 Å². The fourth-order valence-electron chi connectivity index (χ4n) is 2.06. The number of halogens is 1. The number of nitrogens with one attached hydrogen (secondary N) is 1. The molecule has 108 valence electrons. The molecule has 2 aromatic rings. The van der Waals surface area contributed by atoms with E-state index in [-0.39, 0.29) is 5.91 Å². The minimum atomic E-state index is 0.0429. The lowest BCUT2D eigenvalue weighted by Crippen LogP contribution is -2.25. The molecule has 0 spiro atoms. The highest BCUT2D eigenvalue weighted by molar-refractivity contribution is 6.16. The molecule has 2 aromatic heterocycles. The first kappa shape index (κ1) is 14.8. The Morgan fingerprint density at radius 3 is 3.00 bits per heavy atom. The van der Waals surface area contributed by atoms with Gasteiger partial charge in [0.25, 0.3) is 0 Å². The van der Waals surface area contributed by atoms with Crippen LogP contribution in [0.1, 0.15) is 31.2 Å². The average Bonchev–Trinajstić information content (AvgIpc) is 2.79. The molecule has 0 bridgehead atoms. The van der Waals surface area contributed by atoms with E-state index < -0.39 is 0 Å². The number of pyridine rings is 1. The van der Waals surface area contributed by atoms with Gasteiger partial charge in [0.2, 0.25) is 5.91 Å². The SMILES string of the molecule is CCCNC(=O)CCn1c(CCl)nc2cc(C)cnc21. The highest BCUT2D eigenvalue weighted by atomic mass is 35.5. The smallest absolute Gasteiger partial charge is 0.221 e. The van der Waals surface area contributed by atoms with Crippen LogP contribution in [0, 0.1) is 6.92 Å². The number of fused-ring (bicyclic) bond motifs is 1. The Kier molecular flexibility index (Phi) is 4.95. The van der Waals surface area contributed by atoms with Gasteiger partial charge in [-0.2, -0.15) is 0 Å². The first-order chi connectivity index (χ1) is 9.65. The number of aromatic nitrogens is 3. The zero-order valence-electron chi connectivity index (χ0n) is 11.8. The van der Waals surface area contributed by atoms with Gasteiger partial charge in [-0.05, 0) is 25.0 Å². The minimum absolute atomic E-state index is 0.0429. The predicted octanol–water partition coefficient (Wildman–Crippen LogP) is 2.39. The molecule has 0 saturated carbocycles. The van der Waals surface area contributed by atoms with Crippen LogP contribution in [0.3, 0.4) is 0 Å². The summed E-state index contributed by atoms with van der Waals surface area (Å²) in [5.41, 5.74) is 2.67. The number of amides is 1. The van der Waals surface area contributed by atoms with Gasteiger partial charge < -0.3 is 9.88 Å². The fraction of sp³-hybridized carbons (Fsp3) is 0.500. The van der Waals surface area contributed by atoms with Gasteiger partial charge in [0.15, 0.2) is 5.65 Å². The quantitative estimate of drug-likeness (QED) is 0.832. The molecule has 0 fully saturated rings. The number of hydrogen-bond donors (Lipinski definition) is 1. The molecule has 2 heterocycles.